The van der Waals surface area contributed by atoms with Crippen LogP contribution in [0.25, 0.3) is 0 Å². The molecule has 0 fully saturated rings. The van der Waals surface area contributed by atoms with Crippen LogP contribution in [0.4, 0.5) is 4.39 Å². The van der Waals surface area contributed by atoms with Crippen LogP contribution in [-0.4, -0.2) is 0 Å². The molecule has 160 valence electrons. The van der Waals surface area contributed by atoms with Crippen molar-refractivity contribution in [2.45, 2.75) is 104 Å². The first kappa shape index (κ1) is 23.6. The van der Waals surface area contributed by atoms with E-state index in [4.69, 9.17) is 0 Å². The van der Waals surface area contributed by atoms with E-state index in [2.05, 4.69) is 99.6 Å². The smallest absolute Gasteiger partial charge is 0.123 e. The number of rotatable bonds is 5. The van der Waals surface area contributed by atoms with Gasteiger partial charge in [-0.15, -0.1) is 0 Å². The molecule has 0 spiro atoms. The summed E-state index contributed by atoms with van der Waals surface area (Å²) in [7, 11) is 0. The van der Waals surface area contributed by atoms with E-state index in [1.807, 2.05) is 0 Å². The lowest BCUT2D eigenvalue weighted by molar-refractivity contribution is 0.372. The van der Waals surface area contributed by atoms with Crippen molar-refractivity contribution in [2.75, 3.05) is 0 Å². The first-order valence-corrected chi connectivity index (χ1v) is 10.9. The van der Waals surface area contributed by atoms with E-state index in [-0.39, 0.29) is 27.5 Å². The number of hydrogen-bond acceptors (Lipinski definition) is 0. The summed E-state index contributed by atoms with van der Waals surface area (Å²) < 4.78 is 14.4. The van der Waals surface area contributed by atoms with Crippen molar-refractivity contribution in [1.29, 1.82) is 0 Å². The molecule has 1 heteroatoms. The van der Waals surface area contributed by atoms with E-state index < -0.39 is 0 Å². The van der Waals surface area contributed by atoms with Gasteiger partial charge >= 0.3 is 0 Å². The normalized spacial score (nSPS) is 13.6. The molecule has 0 amide bonds. The molecule has 29 heavy (non-hydrogen) atoms. The highest BCUT2D eigenvalue weighted by Crippen LogP contribution is 2.38. The maximum atomic E-state index is 14.4. The second kappa shape index (κ2) is 7.89. The van der Waals surface area contributed by atoms with E-state index in [9.17, 15) is 4.39 Å². The van der Waals surface area contributed by atoms with Crippen LogP contribution in [0.3, 0.4) is 0 Å². The Labute approximate surface area is 178 Å². The average molecular weight is 397 g/mol. The van der Waals surface area contributed by atoms with Gasteiger partial charge in [-0.1, -0.05) is 99.6 Å². The Hall–Kier alpha value is -1.63. The van der Waals surface area contributed by atoms with Gasteiger partial charge in [-0.3, -0.25) is 0 Å². The molecule has 2 aromatic rings. The van der Waals surface area contributed by atoms with Crippen molar-refractivity contribution in [1.82, 2.24) is 0 Å². The summed E-state index contributed by atoms with van der Waals surface area (Å²) in [5.41, 5.74) is 5.01. The molecular formula is C28H41F. The predicted octanol–water partition coefficient (Wildman–Crippen LogP) is 8.46. The molecule has 0 aliphatic rings. The topological polar surface area (TPSA) is 0 Å². The molecule has 0 heterocycles. The van der Waals surface area contributed by atoms with E-state index in [1.165, 1.54) is 11.1 Å². The Bertz CT molecular complexity index is 841. The molecule has 0 aliphatic carbocycles. The highest BCUT2D eigenvalue weighted by molar-refractivity contribution is 5.35. The summed E-state index contributed by atoms with van der Waals surface area (Å²) in [4.78, 5) is 0. The minimum atomic E-state index is -0.127. The van der Waals surface area contributed by atoms with Crippen LogP contribution in [0.15, 0.2) is 42.5 Å². The first-order chi connectivity index (χ1) is 13.0. The summed E-state index contributed by atoms with van der Waals surface area (Å²) in [6, 6.07) is 14.6. The molecule has 0 aromatic heterocycles. The van der Waals surface area contributed by atoms with Gasteiger partial charge in [0.05, 0.1) is 0 Å². The van der Waals surface area contributed by atoms with Gasteiger partial charge in [0.2, 0.25) is 0 Å². The average Bonchev–Trinajstić information content (AvgIpc) is 2.58. The third-order valence-corrected chi connectivity index (χ3v) is 6.43. The SMILES string of the molecule is CC(C)(C)c1cccc(C(C)(C)CCC(C)(C)c2cc(F)cc(C(C)(C)C)c2)c1. The predicted molar refractivity (Wildman–Crippen MR) is 126 cm³/mol. The van der Waals surface area contributed by atoms with Crippen LogP contribution in [0.1, 0.15) is 104 Å². The van der Waals surface area contributed by atoms with Gasteiger partial charge < -0.3 is 0 Å². The minimum Gasteiger partial charge on any atom is -0.207 e. The molecule has 2 rings (SSSR count). The minimum absolute atomic E-state index is 0.0560. The molecule has 0 saturated heterocycles. The third kappa shape index (κ3) is 5.93. The molecule has 0 atom stereocenters. The Morgan fingerprint density at radius 2 is 0.966 bits per heavy atom. The highest BCUT2D eigenvalue weighted by Gasteiger charge is 2.29. The van der Waals surface area contributed by atoms with Gasteiger partial charge in [-0.25, -0.2) is 4.39 Å². The van der Waals surface area contributed by atoms with Gasteiger partial charge in [0.1, 0.15) is 5.82 Å². The zero-order valence-electron chi connectivity index (χ0n) is 20.3. The molecule has 0 nitrogen and oxygen atoms in total. The van der Waals surface area contributed by atoms with Crippen molar-refractivity contribution < 1.29 is 4.39 Å². The van der Waals surface area contributed by atoms with Crippen molar-refractivity contribution in [3.05, 3.63) is 70.5 Å². The summed E-state index contributed by atoms with van der Waals surface area (Å²) in [5.74, 6) is -0.127. The van der Waals surface area contributed by atoms with Crippen LogP contribution in [0.2, 0.25) is 0 Å². The third-order valence-electron chi connectivity index (χ3n) is 6.43. The number of benzene rings is 2. The molecule has 0 unspecified atom stereocenters. The summed E-state index contributed by atoms with van der Waals surface area (Å²) in [6.07, 6.45) is 2.06. The lowest BCUT2D eigenvalue weighted by atomic mass is 9.71. The fraction of sp³-hybridized carbons (Fsp3) is 0.571. The molecule has 0 N–H and O–H groups in total. The maximum absolute atomic E-state index is 14.4. The first-order valence-electron chi connectivity index (χ1n) is 10.9. The van der Waals surface area contributed by atoms with Crippen LogP contribution in [0, 0.1) is 5.82 Å². The van der Waals surface area contributed by atoms with E-state index >= 15 is 0 Å². The van der Waals surface area contributed by atoms with Crippen LogP contribution in [-0.2, 0) is 21.7 Å². The van der Waals surface area contributed by atoms with Crippen molar-refractivity contribution >= 4 is 0 Å². The van der Waals surface area contributed by atoms with Gasteiger partial charge in [-0.2, -0.15) is 0 Å². The summed E-state index contributed by atoms with van der Waals surface area (Å²) in [5, 5.41) is 0. The molecule has 0 aliphatic heterocycles. The molecule has 2 aromatic carbocycles. The Balaban J connectivity index is 2.27. The van der Waals surface area contributed by atoms with Crippen LogP contribution in [0.5, 0.6) is 0 Å². The second-order valence-electron chi connectivity index (χ2n) is 12.1. The largest absolute Gasteiger partial charge is 0.207 e. The van der Waals surface area contributed by atoms with E-state index in [0.29, 0.717) is 0 Å². The quantitative estimate of drug-likeness (QED) is 0.475. The molecule has 0 saturated carbocycles. The Morgan fingerprint density at radius 3 is 1.48 bits per heavy atom. The monoisotopic (exact) mass is 396 g/mol. The number of halogens is 1. The zero-order chi connectivity index (χ0) is 22.3. The fourth-order valence-electron chi connectivity index (χ4n) is 3.73. The Kier molecular flexibility index (Phi) is 6.44. The molecular weight excluding hydrogens is 355 g/mol. The number of hydrogen-bond donors (Lipinski definition) is 0. The maximum Gasteiger partial charge on any atom is 0.123 e. The summed E-state index contributed by atoms with van der Waals surface area (Å²) >= 11 is 0. The van der Waals surface area contributed by atoms with Gasteiger partial charge in [0.25, 0.3) is 0 Å². The van der Waals surface area contributed by atoms with Gasteiger partial charge in [0, 0.05) is 0 Å². The lowest BCUT2D eigenvalue weighted by Gasteiger charge is -2.34. The van der Waals surface area contributed by atoms with Crippen molar-refractivity contribution in [3.8, 4) is 0 Å². The zero-order valence-corrected chi connectivity index (χ0v) is 20.3. The van der Waals surface area contributed by atoms with Crippen molar-refractivity contribution in [2.24, 2.45) is 0 Å². The molecule has 0 radical (unpaired) electrons. The standard InChI is InChI=1S/C28H41F/c1-25(2,3)20-12-11-13-21(16-20)27(7,8)14-15-28(9,10)23-17-22(26(4,5)6)18-24(29)19-23/h11-13,16-19H,14-15H2,1-10H3. The van der Waals surface area contributed by atoms with E-state index in [0.717, 1.165) is 24.0 Å². The Morgan fingerprint density at radius 1 is 0.552 bits per heavy atom. The van der Waals surface area contributed by atoms with Crippen LogP contribution < -0.4 is 0 Å². The highest BCUT2D eigenvalue weighted by atomic mass is 19.1. The van der Waals surface area contributed by atoms with Gasteiger partial charge in [0.15, 0.2) is 0 Å². The molecule has 0 bridgehead atoms. The van der Waals surface area contributed by atoms with Crippen LogP contribution >= 0.6 is 0 Å². The van der Waals surface area contributed by atoms with Gasteiger partial charge in [-0.05, 0) is 68.9 Å². The second-order valence-corrected chi connectivity index (χ2v) is 12.1. The fourth-order valence-corrected chi connectivity index (χ4v) is 3.73. The summed E-state index contributed by atoms with van der Waals surface area (Å²) in [6.45, 7) is 22.4. The lowest BCUT2D eigenvalue weighted by Crippen LogP contribution is -2.25. The van der Waals surface area contributed by atoms with Crippen molar-refractivity contribution in [3.63, 3.8) is 0 Å². The van der Waals surface area contributed by atoms with E-state index in [1.54, 1.807) is 12.1 Å².